The van der Waals surface area contributed by atoms with Crippen molar-refractivity contribution in [2.75, 3.05) is 18.4 Å². The molecule has 36 heavy (non-hydrogen) atoms. The number of urea groups is 1. The van der Waals surface area contributed by atoms with Gasteiger partial charge in [0.05, 0.1) is 5.56 Å². The van der Waals surface area contributed by atoms with Crippen molar-refractivity contribution in [1.29, 1.82) is 0 Å². The van der Waals surface area contributed by atoms with Gasteiger partial charge >= 0.3 is 6.03 Å². The molecule has 9 nitrogen and oxygen atoms in total. The molecule has 1 aliphatic rings. The lowest BCUT2D eigenvalue weighted by Crippen LogP contribution is -2.54. The molecule has 1 aliphatic heterocycles. The zero-order valence-electron chi connectivity index (χ0n) is 19.2. The molecule has 186 valence electrons. The molecule has 4 amide bonds. The zero-order valence-corrected chi connectivity index (χ0v) is 19.9. The normalized spacial score (nSPS) is 15.0. The first kappa shape index (κ1) is 25.1. The molecule has 4 rings (SSSR count). The number of hydrogen-bond donors (Lipinski definition) is 3. The number of rotatable bonds is 6. The van der Waals surface area contributed by atoms with Gasteiger partial charge in [0.15, 0.2) is 6.17 Å². The summed E-state index contributed by atoms with van der Waals surface area (Å²) in [6.45, 7) is 0.732. The molecule has 2 aromatic carbocycles. The van der Waals surface area contributed by atoms with Gasteiger partial charge in [-0.3, -0.25) is 14.5 Å². The number of pyridine rings is 1. The van der Waals surface area contributed by atoms with E-state index < -0.39 is 29.8 Å². The number of carbonyl (C=O) groups excluding carboxylic acids is 3. The number of amides is 4. The van der Waals surface area contributed by atoms with Crippen molar-refractivity contribution in [3.8, 4) is 0 Å². The Bertz CT molecular complexity index is 1270. The molecular weight excluding hydrogens is 487 g/mol. The summed E-state index contributed by atoms with van der Waals surface area (Å²) < 4.78 is 13.6. The Labute approximate surface area is 212 Å². The highest BCUT2D eigenvalue weighted by Crippen LogP contribution is 2.21. The Balaban J connectivity index is 1.56. The first-order valence-corrected chi connectivity index (χ1v) is 11.5. The van der Waals surface area contributed by atoms with E-state index >= 15 is 0 Å². The van der Waals surface area contributed by atoms with Gasteiger partial charge in [0, 0.05) is 38.1 Å². The van der Waals surface area contributed by atoms with Crippen molar-refractivity contribution in [1.82, 2.24) is 20.1 Å². The molecule has 2 heterocycles. The second-order valence-corrected chi connectivity index (χ2v) is 8.50. The lowest BCUT2D eigenvalue weighted by Gasteiger charge is -2.29. The average Bonchev–Trinajstić information content (AvgIpc) is 3.33. The molecule has 0 aliphatic carbocycles. The maximum Gasteiger partial charge on any atom is 0.323 e. The van der Waals surface area contributed by atoms with Gasteiger partial charge < -0.3 is 21.3 Å². The van der Waals surface area contributed by atoms with E-state index in [2.05, 4.69) is 15.6 Å². The number of nitrogens with zero attached hydrogens (tertiary/aromatic N) is 3. The van der Waals surface area contributed by atoms with Crippen LogP contribution in [0, 0.1) is 5.82 Å². The van der Waals surface area contributed by atoms with Crippen LogP contribution in [0.2, 0.25) is 5.15 Å². The maximum absolute atomic E-state index is 13.6. The molecule has 4 N–H and O–H groups in total. The molecule has 0 bridgehead atoms. The van der Waals surface area contributed by atoms with E-state index in [-0.39, 0.29) is 36.0 Å². The van der Waals surface area contributed by atoms with E-state index in [9.17, 15) is 18.8 Å². The van der Waals surface area contributed by atoms with Gasteiger partial charge in [-0.2, -0.15) is 0 Å². The van der Waals surface area contributed by atoms with Crippen LogP contribution in [0.25, 0.3) is 0 Å². The van der Waals surface area contributed by atoms with Crippen LogP contribution in [0.15, 0.2) is 66.9 Å². The fourth-order valence-electron chi connectivity index (χ4n) is 3.91. The minimum absolute atomic E-state index is 0.0919. The standard InChI is InChI=1S/C25H24ClFN6O3/c26-21-8-7-18(15-29-21)24(35)32-9-10-33(25(36)31-20-6-2-5-19(27)12-20)23(32)22(34)30-14-17-4-1-3-16(11-17)13-28/h1-8,11-12,15,23H,9-10,13-14,28H2,(H,30,34)(H,31,36). The van der Waals surface area contributed by atoms with Crippen molar-refractivity contribution in [3.63, 3.8) is 0 Å². The predicted octanol–water partition coefficient (Wildman–Crippen LogP) is 2.97. The predicted molar refractivity (Wildman–Crippen MR) is 132 cm³/mol. The van der Waals surface area contributed by atoms with Crippen LogP contribution < -0.4 is 16.4 Å². The number of carbonyl (C=O) groups is 3. The van der Waals surface area contributed by atoms with Crippen molar-refractivity contribution in [2.45, 2.75) is 19.3 Å². The highest BCUT2D eigenvalue weighted by Gasteiger charge is 2.43. The smallest absolute Gasteiger partial charge is 0.323 e. The minimum Gasteiger partial charge on any atom is -0.349 e. The molecule has 1 atom stereocenters. The fourth-order valence-corrected chi connectivity index (χ4v) is 4.03. The van der Waals surface area contributed by atoms with Gasteiger partial charge in [-0.1, -0.05) is 41.9 Å². The highest BCUT2D eigenvalue weighted by molar-refractivity contribution is 6.29. The van der Waals surface area contributed by atoms with Crippen LogP contribution in [0.3, 0.4) is 0 Å². The van der Waals surface area contributed by atoms with E-state index in [4.69, 9.17) is 17.3 Å². The van der Waals surface area contributed by atoms with Gasteiger partial charge in [-0.25, -0.2) is 14.2 Å². The molecule has 11 heteroatoms. The lowest BCUT2D eigenvalue weighted by molar-refractivity contribution is -0.128. The molecule has 1 saturated heterocycles. The summed E-state index contributed by atoms with van der Waals surface area (Å²) in [4.78, 5) is 46.1. The Morgan fingerprint density at radius 1 is 1.03 bits per heavy atom. The monoisotopic (exact) mass is 510 g/mol. The second kappa shape index (κ2) is 11.1. The van der Waals surface area contributed by atoms with E-state index in [1.54, 1.807) is 0 Å². The van der Waals surface area contributed by atoms with Gasteiger partial charge in [-0.05, 0) is 41.5 Å². The van der Waals surface area contributed by atoms with E-state index in [1.165, 1.54) is 46.3 Å². The Morgan fingerprint density at radius 3 is 2.50 bits per heavy atom. The maximum atomic E-state index is 13.6. The number of nitrogens with two attached hydrogens (primary N) is 1. The third-order valence-electron chi connectivity index (χ3n) is 5.67. The lowest BCUT2D eigenvalue weighted by atomic mass is 10.1. The molecular formula is C25H24ClFN6O3. The second-order valence-electron chi connectivity index (χ2n) is 8.12. The summed E-state index contributed by atoms with van der Waals surface area (Å²) in [6.07, 6.45) is 0.0763. The van der Waals surface area contributed by atoms with Crippen molar-refractivity contribution in [2.24, 2.45) is 5.73 Å². The number of nitrogens with one attached hydrogen (secondary N) is 2. The first-order valence-electron chi connectivity index (χ1n) is 11.2. The van der Waals surface area contributed by atoms with Crippen molar-refractivity contribution < 1.29 is 18.8 Å². The number of anilines is 1. The van der Waals surface area contributed by atoms with Crippen LogP contribution in [-0.4, -0.2) is 51.9 Å². The first-order chi connectivity index (χ1) is 17.4. The molecule has 1 fully saturated rings. The average molecular weight is 511 g/mol. The van der Waals surface area contributed by atoms with Gasteiger partial charge in [0.25, 0.3) is 11.8 Å². The Hall–Kier alpha value is -4.02. The quantitative estimate of drug-likeness (QED) is 0.440. The summed E-state index contributed by atoms with van der Waals surface area (Å²) in [5.41, 5.74) is 7.87. The number of aromatic nitrogens is 1. The molecule has 0 saturated carbocycles. The molecule has 1 aromatic heterocycles. The van der Waals surface area contributed by atoms with Gasteiger partial charge in [0.2, 0.25) is 0 Å². The summed E-state index contributed by atoms with van der Waals surface area (Å²) in [5, 5.41) is 5.61. The van der Waals surface area contributed by atoms with Crippen LogP contribution >= 0.6 is 11.6 Å². The van der Waals surface area contributed by atoms with E-state index in [0.717, 1.165) is 17.2 Å². The topological polar surface area (TPSA) is 121 Å². The summed E-state index contributed by atoms with van der Waals surface area (Å²) in [7, 11) is 0. The number of benzene rings is 2. The van der Waals surface area contributed by atoms with Crippen LogP contribution in [0.1, 0.15) is 21.5 Å². The zero-order chi connectivity index (χ0) is 25.7. The third kappa shape index (κ3) is 5.78. The number of halogens is 2. The fraction of sp³-hybridized carbons (Fsp3) is 0.200. The van der Waals surface area contributed by atoms with E-state index in [1.807, 2.05) is 24.3 Å². The molecule has 0 spiro atoms. The molecule has 0 radical (unpaired) electrons. The SMILES string of the molecule is NCc1cccc(CNC(=O)C2N(C(=O)Nc3cccc(F)c3)CCN2C(=O)c2ccc(Cl)nc2)c1. The summed E-state index contributed by atoms with van der Waals surface area (Å²) >= 11 is 5.83. The minimum atomic E-state index is -1.24. The van der Waals surface area contributed by atoms with Crippen LogP contribution in [0.4, 0.5) is 14.9 Å². The van der Waals surface area contributed by atoms with E-state index in [0.29, 0.717) is 6.54 Å². The molecule has 3 aromatic rings. The summed E-state index contributed by atoms with van der Waals surface area (Å²) in [5.74, 6) is -1.55. The number of hydrogen-bond acceptors (Lipinski definition) is 5. The largest absolute Gasteiger partial charge is 0.349 e. The van der Waals surface area contributed by atoms with Crippen molar-refractivity contribution >= 4 is 35.1 Å². The van der Waals surface area contributed by atoms with Gasteiger partial charge in [0.1, 0.15) is 11.0 Å². The Kier molecular flexibility index (Phi) is 7.77. The highest BCUT2D eigenvalue weighted by atomic mass is 35.5. The third-order valence-corrected chi connectivity index (χ3v) is 5.90. The molecule has 1 unspecified atom stereocenters. The van der Waals surface area contributed by atoms with Crippen molar-refractivity contribution in [3.05, 3.63) is 94.5 Å². The van der Waals surface area contributed by atoms with Gasteiger partial charge in [-0.15, -0.1) is 0 Å². The van der Waals surface area contributed by atoms with Crippen LogP contribution in [-0.2, 0) is 17.9 Å². The summed E-state index contributed by atoms with van der Waals surface area (Å²) in [6, 6.07) is 15.1. The van der Waals surface area contributed by atoms with Crippen LogP contribution in [0.5, 0.6) is 0 Å². The Morgan fingerprint density at radius 2 is 1.78 bits per heavy atom.